The van der Waals surface area contributed by atoms with Gasteiger partial charge in [-0.2, -0.15) is 9.78 Å². The van der Waals surface area contributed by atoms with Crippen molar-refractivity contribution >= 4 is 23.6 Å². The summed E-state index contributed by atoms with van der Waals surface area (Å²) < 4.78 is 34.7. The van der Waals surface area contributed by atoms with Crippen molar-refractivity contribution in [1.29, 1.82) is 0 Å². The molecular formula is C23H23F2N5O2S. The second-order valence-electron chi connectivity index (χ2n) is 8.50. The number of nitrogens with one attached hydrogen (secondary N) is 1. The van der Waals surface area contributed by atoms with Crippen LogP contribution >= 0.6 is 11.8 Å². The molecule has 7 nitrogen and oxygen atoms in total. The van der Waals surface area contributed by atoms with Gasteiger partial charge in [-0.25, -0.2) is 13.6 Å². The van der Waals surface area contributed by atoms with Crippen LogP contribution in [-0.4, -0.2) is 38.0 Å². The van der Waals surface area contributed by atoms with Gasteiger partial charge in [0.25, 0.3) is 0 Å². The Bertz CT molecular complexity index is 1190. The van der Waals surface area contributed by atoms with E-state index < -0.39 is 29.4 Å². The number of hydrogen-bond donors (Lipinski definition) is 1. The third-order valence-electron chi connectivity index (χ3n) is 4.72. The summed E-state index contributed by atoms with van der Waals surface area (Å²) in [5, 5.41) is 16.4. The molecule has 3 aromatic rings. The Kier molecular flexibility index (Phi) is 6.46. The molecule has 1 unspecified atom stereocenters. The standard InChI is InChI=1S/C23H23F2N5O2S/c1-23(2,3)32-22(31)26-18(11-14-7-5-4-6-8-14)20-27-28-21-30(20)29-19(13-33-21)16-10-9-15(24)12-17(16)25/h4-10,12,18H,11,13H2,1-3H3,(H,26,31). The zero-order valence-corrected chi connectivity index (χ0v) is 19.2. The molecule has 2 heterocycles. The van der Waals surface area contributed by atoms with Crippen LogP contribution in [0.3, 0.4) is 0 Å². The molecule has 4 rings (SSSR count). The lowest BCUT2D eigenvalue weighted by atomic mass is 10.1. The van der Waals surface area contributed by atoms with Gasteiger partial charge in [0.05, 0.1) is 11.8 Å². The van der Waals surface area contributed by atoms with Crippen molar-refractivity contribution in [1.82, 2.24) is 20.2 Å². The number of aromatic nitrogens is 3. The number of carbonyl (C=O) groups excluding carboxylic acids is 1. The molecule has 1 aliphatic rings. The van der Waals surface area contributed by atoms with Gasteiger partial charge >= 0.3 is 6.09 Å². The van der Waals surface area contributed by atoms with Crippen LogP contribution in [0.5, 0.6) is 0 Å². The smallest absolute Gasteiger partial charge is 0.408 e. The first kappa shape index (κ1) is 22.9. The van der Waals surface area contributed by atoms with E-state index in [1.54, 1.807) is 20.8 Å². The molecule has 0 saturated heterocycles. The van der Waals surface area contributed by atoms with Crippen LogP contribution in [0.25, 0.3) is 0 Å². The SMILES string of the molecule is CC(C)(C)OC(=O)NC(Cc1ccccc1)c1nnc2n1N=C(c1ccc(F)cc1F)CS2. The minimum Gasteiger partial charge on any atom is -0.444 e. The van der Waals surface area contributed by atoms with E-state index in [4.69, 9.17) is 4.74 Å². The molecule has 0 radical (unpaired) electrons. The maximum Gasteiger partial charge on any atom is 0.408 e. The molecule has 1 aromatic heterocycles. The fraction of sp³-hybridized carbons (Fsp3) is 0.304. The number of amides is 1. The summed E-state index contributed by atoms with van der Waals surface area (Å²) in [7, 11) is 0. The fourth-order valence-corrected chi connectivity index (χ4v) is 4.16. The van der Waals surface area contributed by atoms with Gasteiger partial charge < -0.3 is 10.1 Å². The third-order valence-corrected chi connectivity index (χ3v) is 5.65. The van der Waals surface area contributed by atoms with Gasteiger partial charge in [-0.3, -0.25) is 0 Å². The van der Waals surface area contributed by atoms with Crippen molar-refractivity contribution in [3.8, 4) is 0 Å². The number of fused-ring (bicyclic) bond motifs is 1. The lowest BCUT2D eigenvalue weighted by Gasteiger charge is -2.24. The van der Waals surface area contributed by atoms with Crippen LogP contribution in [0, 0.1) is 11.6 Å². The van der Waals surface area contributed by atoms with Crippen LogP contribution < -0.4 is 5.32 Å². The van der Waals surface area contributed by atoms with E-state index in [2.05, 4.69) is 20.6 Å². The van der Waals surface area contributed by atoms with Crippen LogP contribution in [-0.2, 0) is 11.2 Å². The number of ether oxygens (including phenoxy) is 1. The first-order chi connectivity index (χ1) is 15.7. The first-order valence-corrected chi connectivity index (χ1v) is 11.3. The third kappa shape index (κ3) is 5.57. The summed E-state index contributed by atoms with van der Waals surface area (Å²) >= 11 is 1.33. The lowest BCUT2D eigenvalue weighted by Crippen LogP contribution is -2.37. The predicted octanol–water partition coefficient (Wildman–Crippen LogP) is 4.72. The van der Waals surface area contributed by atoms with Crippen molar-refractivity contribution in [2.45, 2.75) is 44.0 Å². The summed E-state index contributed by atoms with van der Waals surface area (Å²) in [4.78, 5) is 12.6. The minimum atomic E-state index is -0.694. The van der Waals surface area contributed by atoms with E-state index >= 15 is 0 Å². The molecule has 0 spiro atoms. The zero-order valence-electron chi connectivity index (χ0n) is 18.4. The number of rotatable bonds is 5. The number of carbonyl (C=O) groups is 1. The van der Waals surface area contributed by atoms with Gasteiger partial charge in [0.15, 0.2) is 5.82 Å². The van der Waals surface area contributed by atoms with Crippen molar-refractivity contribution < 1.29 is 18.3 Å². The molecule has 0 bridgehead atoms. The molecule has 33 heavy (non-hydrogen) atoms. The van der Waals surface area contributed by atoms with E-state index in [9.17, 15) is 13.6 Å². The molecule has 0 saturated carbocycles. The monoisotopic (exact) mass is 471 g/mol. The molecule has 0 aliphatic carbocycles. The van der Waals surface area contributed by atoms with E-state index in [1.165, 1.54) is 28.6 Å². The second kappa shape index (κ2) is 9.30. The van der Waals surface area contributed by atoms with E-state index in [1.807, 2.05) is 30.3 Å². The molecule has 0 fully saturated rings. The number of benzene rings is 2. The highest BCUT2D eigenvalue weighted by atomic mass is 32.2. The number of thioether (sulfide) groups is 1. The summed E-state index contributed by atoms with van der Waals surface area (Å²) in [6.45, 7) is 5.34. The molecule has 1 aliphatic heterocycles. The zero-order chi connectivity index (χ0) is 23.6. The van der Waals surface area contributed by atoms with Crippen molar-refractivity contribution in [3.63, 3.8) is 0 Å². The Morgan fingerprint density at radius 3 is 2.64 bits per heavy atom. The molecule has 172 valence electrons. The average Bonchev–Trinajstić information content (AvgIpc) is 3.16. The Labute approximate surface area is 194 Å². The quantitative estimate of drug-likeness (QED) is 0.582. The van der Waals surface area contributed by atoms with Gasteiger partial charge in [0.2, 0.25) is 5.16 Å². The largest absolute Gasteiger partial charge is 0.444 e. The normalized spacial score (nSPS) is 14.3. The summed E-state index contributed by atoms with van der Waals surface area (Å²) in [5.74, 6) is -0.619. The number of alkyl carbamates (subject to hydrolysis) is 1. The maximum atomic E-state index is 14.4. The molecule has 1 N–H and O–H groups in total. The molecule has 2 aromatic carbocycles. The van der Waals surface area contributed by atoms with Crippen molar-refractivity contribution in [3.05, 3.63) is 77.1 Å². The maximum absolute atomic E-state index is 14.4. The Hall–Kier alpha value is -3.27. The Morgan fingerprint density at radius 1 is 1.18 bits per heavy atom. The fourth-order valence-electron chi connectivity index (χ4n) is 3.32. The van der Waals surface area contributed by atoms with Crippen molar-refractivity contribution in [2.75, 3.05) is 5.75 Å². The molecular weight excluding hydrogens is 448 g/mol. The molecule has 1 atom stereocenters. The van der Waals surface area contributed by atoms with Crippen LogP contribution in [0.4, 0.5) is 13.6 Å². The molecule has 10 heteroatoms. The number of halogens is 2. The van der Waals surface area contributed by atoms with Crippen molar-refractivity contribution in [2.24, 2.45) is 5.10 Å². The average molecular weight is 472 g/mol. The van der Waals surface area contributed by atoms with Crippen LogP contribution in [0.15, 0.2) is 58.8 Å². The highest BCUT2D eigenvalue weighted by Gasteiger charge is 2.29. The topological polar surface area (TPSA) is 81.4 Å². The van der Waals surface area contributed by atoms with Gasteiger partial charge in [0.1, 0.15) is 17.2 Å². The second-order valence-corrected chi connectivity index (χ2v) is 9.44. The summed E-state index contributed by atoms with van der Waals surface area (Å²) in [6.07, 6.45) is -0.184. The van der Waals surface area contributed by atoms with Gasteiger partial charge in [-0.15, -0.1) is 10.2 Å². The predicted molar refractivity (Wildman–Crippen MR) is 121 cm³/mol. The highest BCUT2D eigenvalue weighted by Crippen LogP contribution is 2.28. The van der Waals surface area contributed by atoms with Gasteiger partial charge in [-0.1, -0.05) is 42.1 Å². The Morgan fingerprint density at radius 2 is 1.94 bits per heavy atom. The van der Waals surface area contributed by atoms with E-state index in [-0.39, 0.29) is 5.56 Å². The summed E-state index contributed by atoms with van der Waals surface area (Å²) in [5.41, 5.74) is 0.913. The first-order valence-electron chi connectivity index (χ1n) is 10.3. The lowest BCUT2D eigenvalue weighted by molar-refractivity contribution is 0.0500. The molecule has 1 amide bonds. The van der Waals surface area contributed by atoms with E-state index in [0.717, 1.165) is 11.6 Å². The Balaban J connectivity index is 1.69. The summed E-state index contributed by atoms with van der Waals surface area (Å²) in [6, 6.07) is 12.4. The minimum absolute atomic E-state index is 0.203. The van der Waals surface area contributed by atoms with Gasteiger partial charge in [-0.05, 0) is 38.5 Å². The van der Waals surface area contributed by atoms with Crippen LogP contribution in [0.2, 0.25) is 0 Å². The van der Waals surface area contributed by atoms with Crippen LogP contribution in [0.1, 0.15) is 43.8 Å². The van der Waals surface area contributed by atoms with E-state index in [0.29, 0.717) is 28.9 Å². The number of nitrogens with zero attached hydrogens (tertiary/aromatic N) is 4. The highest BCUT2D eigenvalue weighted by molar-refractivity contribution is 7.99. The van der Waals surface area contributed by atoms with Gasteiger partial charge in [0, 0.05) is 23.8 Å². The number of hydrogen-bond acceptors (Lipinski definition) is 6.